The second kappa shape index (κ2) is 7.12. The SMILES string of the molecule is CN(c1ccccc1)S(=O)(=O)c1cccc(NC(=O)c2cc(C3CC3)[nH]n2)c1. The molecule has 1 fully saturated rings. The first-order valence-corrected chi connectivity index (χ1v) is 10.4. The molecule has 0 radical (unpaired) electrons. The number of benzene rings is 2. The number of aromatic amines is 1. The van der Waals surface area contributed by atoms with Gasteiger partial charge in [0.2, 0.25) is 0 Å². The molecule has 0 saturated heterocycles. The van der Waals surface area contributed by atoms with Crippen LogP contribution in [0.25, 0.3) is 0 Å². The molecule has 2 N–H and O–H groups in total. The molecule has 1 saturated carbocycles. The van der Waals surface area contributed by atoms with Crippen LogP contribution in [0, 0.1) is 0 Å². The topological polar surface area (TPSA) is 95.2 Å². The zero-order valence-corrected chi connectivity index (χ0v) is 16.1. The summed E-state index contributed by atoms with van der Waals surface area (Å²) in [5, 5.41) is 9.66. The van der Waals surface area contributed by atoms with E-state index in [0.717, 1.165) is 18.5 Å². The van der Waals surface area contributed by atoms with E-state index < -0.39 is 10.0 Å². The van der Waals surface area contributed by atoms with E-state index in [-0.39, 0.29) is 16.5 Å². The number of rotatable bonds is 6. The average Bonchev–Trinajstić information content (AvgIpc) is 3.44. The van der Waals surface area contributed by atoms with Gasteiger partial charge in [-0.1, -0.05) is 24.3 Å². The molecule has 7 nitrogen and oxygen atoms in total. The van der Waals surface area contributed by atoms with Crippen molar-refractivity contribution in [3.05, 3.63) is 72.1 Å². The predicted molar refractivity (Wildman–Crippen MR) is 107 cm³/mol. The molecule has 144 valence electrons. The molecule has 0 spiro atoms. The Morgan fingerprint density at radius 2 is 1.86 bits per heavy atom. The number of sulfonamides is 1. The van der Waals surface area contributed by atoms with E-state index >= 15 is 0 Å². The molecule has 1 aromatic heterocycles. The van der Waals surface area contributed by atoms with Crippen molar-refractivity contribution >= 4 is 27.3 Å². The zero-order valence-electron chi connectivity index (χ0n) is 15.3. The van der Waals surface area contributed by atoms with E-state index in [1.165, 1.54) is 23.5 Å². The Hall–Kier alpha value is -3.13. The van der Waals surface area contributed by atoms with E-state index in [1.807, 2.05) is 6.07 Å². The van der Waals surface area contributed by atoms with Crippen molar-refractivity contribution < 1.29 is 13.2 Å². The maximum Gasteiger partial charge on any atom is 0.276 e. The third-order valence-corrected chi connectivity index (χ3v) is 6.50. The van der Waals surface area contributed by atoms with Gasteiger partial charge in [0.1, 0.15) is 0 Å². The summed E-state index contributed by atoms with van der Waals surface area (Å²) in [4.78, 5) is 12.5. The van der Waals surface area contributed by atoms with E-state index in [0.29, 0.717) is 17.3 Å². The summed E-state index contributed by atoms with van der Waals surface area (Å²) in [6.45, 7) is 0. The standard InChI is InChI=1S/C20H20N4O3S/c1-24(16-7-3-2-4-8-16)28(26,27)17-9-5-6-15(12-17)21-20(25)19-13-18(22-23-19)14-10-11-14/h2-9,12-14H,10-11H2,1H3,(H,21,25)(H,22,23). The molecule has 3 aromatic rings. The summed E-state index contributed by atoms with van der Waals surface area (Å²) in [6.07, 6.45) is 2.22. The molecule has 0 atom stereocenters. The van der Waals surface area contributed by atoms with Gasteiger partial charge in [0.25, 0.3) is 15.9 Å². The van der Waals surface area contributed by atoms with Gasteiger partial charge in [-0.2, -0.15) is 5.10 Å². The maximum atomic E-state index is 12.9. The minimum absolute atomic E-state index is 0.0948. The minimum Gasteiger partial charge on any atom is -0.321 e. The normalized spacial score (nSPS) is 13.9. The van der Waals surface area contributed by atoms with Gasteiger partial charge < -0.3 is 5.32 Å². The lowest BCUT2D eigenvalue weighted by Crippen LogP contribution is -2.26. The number of H-pyrrole nitrogens is 1. The van der Waals surface area contributed by atoms with Crippen LogP contribution in [-0.4, -0.2) is 31.6 Å². The number of para-hydroxylation sites is 1. The van der Waals surface area contributed by atoms with Crippen LogP contribution in [-0.2, 0) is 10.0 Å². The average molecular weight is 396 g/mol. The fourth-order valence-corrected chi connectivity index (χ4v) is 4.16. The molecule has 2 aromatic carbocycles. The van der Waals surface area contributed by atoms with Gasteiger partial charge >= 0.3 is 0 Å². The van der Waals surface area contributed by atoms with Crippen LogP contribution in [0.4, 0.5) is 11.4 Å². The second-order valence-electron chi connectivity index (χ2n) is 6.77. The summed E-state index contributed by atoms with van der Waals surface area (Å²) in [5.41, 5.74) is 2.20. The van der Waals surface area contributed by atoms with Crippen molar-refractivity contribution in [3.63, 3.8) is 0 Å². The first-order chi connectivity index (χ1) is 13.4. The summed E-state index contributed by atoms with van der Waals surface area (Å²) >= 11 is 0. The summed E-state index contributed by atoms with van der Waals surface area (Å²) in [5.74, 6) is 0.0881. The summed E-state index contributed by atoms with van der Waals surface area (Å²) < 4.78 is 27.1. The number of carbonyl (C=O) groups is 1. The largest absolute Gasteiger partial charge is 0.321 e. The number of carbonyl (C=O) groups excluding carboxylic acids is 1. The number of nitrogens with zero attached hydrogens (tertiary/aromatic N) is 2. The van der Waals surface area contributed by atoms with Gasteiger partial charge in [-0.15, -0.1) is 0 Å². The lowest BCUT2D eigenvalue weighted by molar-refractivity contribution is 0.102. The van der Waals surface area contributed by atoms with Crippen LogP contribution in [0.3, 0.4) is 0 Å². The molecular formula is C20H20N4O3S. The molecule has 1 heterocycles. The fraction of sp³-hybridized carbons (Fsp3) is 0.200. The van der Waals surface area contributed by atoms with Gasteiger partial charge in [0, 0.05) is 24.3 Å². The van der Waals surface area contributed by atoms with Crippen LogP contribution in [0.15, 0.2) is 65.6 Å². The number of amides is 1. The summed E-state index contributed by atoms with van der Waals surface area (Å²) in [6, 6.07) is 16.8. The monoisotopic (exact) mass is 396 g/mol. The Labute approximate surface area is 163 Å². The van der Waals surface area contributed by atoms with Crippen LogP contribution >= 0.6 is 0 Å². The lowest BCUT2D eigenvalue weighted by atomic mass is 10.2. The molecule has 1 amide bonds. The first kappa shape index (κ1) is 18.2. The van der Waals surface area contributed by atoms with Gasteiger partial charge in [-0.25, -0.2) is 8.42 Å². The van der Waals surface area contributed by atoms with Gasteiger partial charge in [0.15, 0.2) is 5.69 Å². The molecular weight excluding hydrogens is 376 g/mol. The Balaban J connectivity index is 1.54. The van der Waals surface area contributed by atoms with Crippen molar-refractivity contribution in [3.8, 4) is 0 Å². The van der Waals surface area contributed by atoms with Crippen molar-refractivity contribution in [1.29, 1.82) is 0 Å². The molecule has 0 aliphatic heterocycles. The lowest BCUT2D eigenvalue weighted by Gasteiger charge is -2.19. The molecule has 1 aliphatic rings. The van der Waals surface area contributed by atoms with Crippen LogP contribution in [0.5, 0.6) is 0 Å². The quantitative estimate of drug-likeness (QED) is 0.668. The van der Waals surface area contributed by atoms with Crippen LogP contribution in [0.2, 0.25) is 0 Å². The van der Waals surface area contributed by atoms with Gasteiger partial charge in [-0.05, 0) is 49.2 Å². The first-order valence-electron chi connectivity index (χ1n) is 8.96. The van der Waals surface area contributed by atoms with E-state index in [9.17, 15) is 13.2 Å². The number of nitrogens with one attached hydrogen (secondary N) is 2. The van der Waals surface area contributed by atoms with Crippen molar-refractivity contribution in [2.75, 3.05) is 16.7 Å². The third kappa shape index (κ3) is 3.63. The van der Waals surface area contributed by atoms with Gasteiger partial charge in [0.05, 0.1) is 10.6 Å². The van der Waals surface area contributed by atoms with Crippen LogP contribution in [0.1, 0.15) is 34.9 Å². The third-order valence-electron chi connectivity index (χ3n) is 4.72. The highest BCUT2D eigenvalue weighted by atomic mass is 32.2. The molecule has 28 heavy (non-hydrogen) atoms. The van der Waals surface area contributed by atoms with Crippen molar-refractivity contribution in [1.82, 2.24) is 10.2 Å². The molecule has 0 unspecified atom stereocenters. The number of anilines is 2. The Kier molecular flexibility index (Phi) is 4.64. The number of aromatic nitrogens is 2. The molecule has 0 bridgehead atoms. The van der Waals surface area contributed by atoms with E-state index in [4.69, 9.17) is 0 Å². The van der Waals surface area contributed by atoms with E-state index in [2.05, 4.69) is 15.5 Å². The number of hydrogen-bond acceptors (Lipinski definition) is 4. The fourth-order valence-electron chi connectivity index (χ4n) is 2.92. The van der Waals surface area contributed by atoms with E-state index in [1.54, 1.807) is 42.5 Å². The number of hydrogen-bond donors (Lipinski definition) is 2. The Bertz CT molecular complexity index is 1110. The second-order valence-corrected chi connectivity index (χ2v) is 8.74. The zero-order chi connectivity index (χ0) is 19.7. The Morgan fingerprint density at radius 3 is 2.57 bits per heavy atom. The minimum atomic E-state index is -3.75. The highest BCUT2D eigenvalue weighted by Gasteiger charge is 2.27. The van der Waals surface area contributed by atoms with Crippen molar-refractivity contribution in [2.24, 2.45) is 0 Å². The Morgan fingerprint density at radius 1 is 1.11 bits per heavy atom. The molecule has 8 heteroatoms. The highest BCUT2D eigenvalue weighted by Crippen LogP contribution is 2.39. The van der Waals surface area contributed by atoms with Gasteiger partial charge in [-0.3, -0.25) is 14.2 Å². The molecule has 1 aliphatic carbocycles. The smallest absolute Gasteiger partial charge is 0.276 e. The maximum absolute atomic E-state index is 12.9. The highest BCUT2D eigenvalue weighted by molar-refractivity contribution is 7.92. The molecule has 4 rings (SSSR count). The predicted octanol–water partition coefficient (Wildman–Crippen LogP) is 3.36. The summed E-state index contributed by atoms with van der Waals surface area (Å²) in [7, 11) is -2.25. The van der Waals surface area contributed by atoms with Crippen molar-refractivity contribution in [2.45, 2.75) is 23.7 Å². The van der Waals surface area contributed by atoms with Crippen LogP contribution < -0.4 is 9.62 Å².